The first-order valence-corrected chi connectivity index (χ1v) is 11.4. The van der Waals surface area contributed by atoms with Crippen LogP contribution in [-0.2, 0) is 10.3 Å². The molecule has 0 bridgehead atoms. The van der Waals surface area contributed by atoms with E-state index in [4.69, 9.17) is 14.2 Å². The summed E-state index contributed by atoms with van der Waals surface area (Å²) in [7, 11) is 0. The van der Waals surface area contributed by atoms with Crippen molar-refractivity contribution in [2.45, 2.75) is 5.60 Å². The van der Waals surface area contributed by atoms with Crippen molar-refractivity contribution in [1.82, 2.24) is 0 Å². The zero-order chi connectivity index (χ0) is 25.7. The quantitative estimate of drug-likeness (QED) is 0.155. The molecule has 180 valence electrons. The number of phenolic OH excluding ortho intramolecular Hbond substituents is 1. The number of carbonyl (C=O) groups is 2. The van der Waals surface area contributed by atoms with Gasteiger partial charge in [0.1, 0.15) is 28.8 Å². The zero-order valence-corrected chi connectivity index (χ0v) is 19.5. The van der Waals surface area contributed by atoms with Gasteiger partial charge in [0.05, 0.1) is 22.0 Å². The lowest BCUT2D eigenvalue weighted by Crippen LogP contribution is -2.33. The molecule has 0 aliphatic carbocycles. The molecule has 1 atom stereocenters. The molecule has 6 rings (SSSR count). The molecular weight excluding hydrogens is 497 g/mol. The van der Waals surface area contributed by atoms with Gasteiger partial charge in [0.15, 0.2) is 5.60 Å². The number of nitrogens with zero attached hydrogens (tertiary/aromatic N) is 1. The van der Waals surface area contributed by atoms with Gasteiger partial charge in [0.25, 0.3) is 0 Å². The van der Waals surface area contributed by atoms with Crippen molar-refractivity contribution in [3.05, 3.63) is 112 Å². The van der Waals surface area contributed by atoms with E-state index < -0.39 is 23.4 Å². The standard InChI is InChI=1S/C28H14FNO6S/c29-23-4-2-1-3-18(23)26(32)34-17-7-10-22-25(13-17)35-24-12-16(31)6-9-21(24)28(22)20-8-5-15(30-14-37)11-19(20)27(33)36-28/h1-13,31H. The Morgan fingerprint density at radius 1 is 0.973 bits per heavy atom. The number of isothiocyanates is 1. The van der Waals surface area contributed by atoms with Crippen LogP contribution in [0.25, 0.3) is 0 Å². The highest BCUT2D eigenvalue weighted by Gasteiger charge is 2.53. The summed E-state index contributed by atoms with van der Waals surface area (Å²) in [4.78, 5) is 29.6. The van der Waals surface area contributed by atoms with E-state index in [-0.39, 0.29) is 34.1 Å². The topological polar surface area (TPSA) is 94.4 Å². The van der Waals surface area contributed by atoms with Crippen LogP contribution in [0.5, 0.6) is 23.0 Å². The fourth-order valence-electron chi connectivity index (χ4n) is 4.66. The second-order valence-electron chi connectivity index (χ2n) is 8.31. The third kappa shape index (κ3) is 3.48. The largest absolute Gasteiger partial charge is 0.508 e. The first-order chi connectivity index (χ1) is 17.9. The number of hydrogen-bond acceptors (Lipinski definition) is 8. The van der Waals surface area contributed by atoms with E-state index in [1.165, 1.54) is 42.5 Å². The predicted molar refractivity (Wildman–Crippen MR) is 132 cm³/mol. The summed E-state index contributed by atoms with van der Waals surface area (Å²) in [5.74, 6) is -1.69. The van der Waals surface area contributed by atoms with Gasteiger partial charge in [0, 0.05) is 28.8 Å². The van der Waals surface area contributed by atoms with Crippen molar-refractivity contribution >= 4 is 35.0 Å². The molecule has 1 N–H and O–H groups in total. The Labute approximate surface area is 214 Å². The fraction of sp³-hybridized carbons (Fsp3) is 0.0357. The van der Waals surface area contributed by atoms with Gasteiger partial charge >= 0.3 is 11.9 Å². The molecule has 1 spiro atoms. The van der Waals surface area contributed by atoms with Crippen LogP contribution in [0.4, 0.5) is 10.1 Å². The van der Waals surface area contributed by atoms with Crippen LogP contribution in [0.3, 0.4) is 0 Å². The number of thiocarbonyl (C=S) groups is 1. The first kappa shape index (κ1) is 22.6. The maximum absolute atomic E-state index is 14.1. The van der Waals surface area contributed by atoms with Crippen LogP contribution in [0.15, 0.2) is 83.9 Å². The second kappa shape index (κ2) is 8.37. The number of aromatic hydroxyl groups is 1. The maximum atomic E-state index is 14.1. The third-order valence-electron chi connectivity index (χ3n) is 6.22. The Hall–Kier alpha value is -4.85. The highest BCUT2D eigenvalue weighted by molar-refractivity contribution is 7.78. The van der Waals surface area contributed by atoms with Gasteiger partial charge in [-0.1, -0.05) is 18.2 Å². The Bertz CT molecular complexity index is 1700. The van der Waals surface area contributed by atoms with Crippen molar-refractivity contribution < 1.29 is 33.3 Å². The van der Waals surface area contributed by atoms with Gasteiger partial charge in [0.2, 0.25) is 0 Å². The number of carbonyl (C=O) groups excluding carboxylic acids is 2. The fourth-order valence-corrected chi connectivity index (χ4v) is 4.76. The van der Waals surface area contributed by atoms with Gasteiger partial charge in [-0.05, 0) is 60.7 Å². The van der Waals surface area contributed by atoms with Crippen LogP contribution in [0.2, 0.25) is 0 Å². The van der Waals surface area contributed by atoms with Gasteiger partial charge < -0.3 is 19.3 Å². The Balaban J connectivity index is 1.50. The van der Waals surface area contributed by atoms with Gasteiger partial charge in [-0.2, -0.15) is 4.99 Å². The molecule has 0 radical (unpaired) electrons. The van der Waals surface area contributed by atoms with Crippen LogP contribution >= 0.6 is 12.2 Å². The normalized spacial score (nSPS) is 16.5. The van der Waals surface area contributed by atoms with Crippen molar-refractivity contribution in [3.8, 4) is 23.0 Å². The number of esters is 2. The van der Waals surface area contributed by atoms with Crippen LogP contribution in [-0.4, -0.2) is 22.2 Å². The monoisotopic (exact) mass is 511 g/mol. The summed E-state index contributed by atoms with van der Waals surface area (Å²) in [5.41, 5.74) is 0.595. The second-order valence-corrected chi connectivity index (χ2v) is 8.50. The van der Waals surface area contributed by atoms with E-state index in [0.29, 0.717) is 22.4 Å². The first-order valence-electron chi connectivity index (χ1n) is 11.0. The molecule has 4 aromatic rings. The lowest BCUT2D eigenvalue weighted by Gasteiger charge is -2.36. The number of hydrogen-bond donors (Lipinski definition) is 1. The highest BCUT2D eigenvalue weighted by Crippen LogP contribution is 2.57. The molecule has 0 saturated heterocycles. The van der Waals surface area contributed by atoms with Crippen LogP contribution in [0.1, 0.15) is 37.4 Å². The van der Waals surface area contributed by atoms with E-state index in [1.807, 2.05) is 0 Å². The van der Waals surface area contributed by atoms with Crippen molar-refractivity contribution in [2.24, 2.45) is 4.99 Å². The predicted octanol–water partition coefficient (Wildman–Crippen LogP) is 6.05. The van der Waals surface area contributed by atoms with E-state index >= 15 is 0 Å². The Morgan fingerprint density at radius 2 is 1.70 bits per heavy atom. The average molecular weight is 511 g/mol. The van der Waals surface area contributed by atoms with Crippen molar-refractivity contribution in [2.75, 3.05) is 0 Å². The molecule has 1 unspecified atom stereocenters. The number of benzene rings is 4. The molecule has 4 aromatic carbocycles. The van der Waals surface area contributed by atoms with Crippen LogP contribution < -0.4 is 9.47 Å². The molecule has 2 heterocycles. The van der Waals surface area contributed by atoms with E-state index in [2.05, 4.69) is 22.4 Å². The van der Waals surface area contributed by atoms with E-state index in [9.17, 15) is 19.1 Å². The third-order valence-corrected chi connectivity index (χ3v) is 6.32. The molecule has 9 heteroatoms. The highest BCUT2D eigenvalue weighted by atomic mass is 32.1. The summed E-state index contributed by atoms with van der Waals surface area (Å²) < 4.78 is 31.6. The lowest BCUT2D eigenvalue weighted by atomic mass is 9.77. The van der Waals surface area contributed by atoms with Gasteiger partial charge in [-0.15, -0.1) is 0 Å². The summed E-state index contributed by atoms with van der Waals surface area (Å²) in [6.45, 7) is 0. The van der Waals surface area contributed by atoms with Gasteiger partial charge in [-0.3, -0.25) is 0 Å². The van der Waals surface area contributed by atoms with E-state index in [1.54, 1.807) is 30.3 Å². The number of aliphatic imine (C=N–C) groups is 1. The Morgan fingerprint density at radius 3 is 2.49 bits per heavy atom. The summed E-state index contributed by atoms with van der Waals surface area (Å²) >= 11 is 4.68. The summed E-state index contributed by atoms with van der Waals surface area (Å²) in [5, 5.41) is 12.4. The molecule has 0 saturated carbocycles. The minimum absolute atomic E-state index is 0.0605. The summed E-state index contributed by atoms with van der Waals surface area (Å²) in [6, 6.07) is 19.5. The molecular formula is C28H14FNO6S. The molecule has 37 heavy (non-hydrogen) atoms. The minimum Gasteiger partial charge on any atom is -0.508 e. The van der Waals surface area contributed by atoms with Crippen molar-refractivity contribution in [3.63, 3.8) is 0 Å². The number of rotatable bonds is 3. The average Bonchev–Trinajstić information content (AvgIpc) is 3.16. The zero-order valence-electron chi connectivity index (χ0n) is 18.7. The number of phenols is 1. The maximum Gasteiger partial charge on any atom is 0.346 e. The van der Waals surface area contributed by atoms with Crippen LogP contribution in [0, 0.1) is 5.82 Å². The van der Waals surface area contributed by atoms with Crippen molar-refractivity contribution in [1.29, 1.82) is 0 Å². The minimum atomic E-state index is -1.41. The number of halogens is 1. The lowest BCUT2D eigenvalue weighted by molar-refractivity contribution is 0.0224. The molecule has 0 aromatic heterocycles. The molecule has 0 amide bonds. The Kier molecular flexibility index (Phi) is 5.12. The molecule has 2 aliphatic rings. The van der Waals surface area contributed by atoms with Gasteiger partial charge in [-0.25, -0.2) is 14.0 Å². The molecule has 0 fully saturated rings. The number of ether oxygens (including phenoxy) is 3. The summed E-state index contributed by atoms with van der Waals surface area (Å²) in [6.07, 6.45) is 0. The van der Waals surface area contributed by atoms with E-state index in [0.717, 1.165) is 6.07 Å². The molecule has 7 nitrogen and oxygen atoms in total. The molecule has 2 aliphatic heterocycles. The number of fused-ring (bicyclic) bond motifs is 6. The smallest absolute Gasteiger partial charge is 0.346 e. The SMILES string of the molecule is O=C(Oc1ccc2c(c1)Oc1cc(O)ccc1C21OC(=O)c2cc(N=C=S)ccc21)c1ccccc1F.